The molecule has 1 unspecified atom stereocenters. The highest BCUT2D eigenvalue weighted by atomic mass is 35.5. The van der Waals surface area contributed by atoms with Gasteiger partial charge >= 0.3 is 6.18 Å². The van der Waals surface area contributed by atoms with Gasteiger partial charge in [0.2, 0.25) is 0 Å². The maximum absolute atomic E-state index is 12.5. The molecular formula is C11H10ClF3O2. The minimum Gasteiger partial charge on any atom is -0.497 e. The molecule has 6 heteroatoms. The lowest BCUT2D eigenvalue weighted by Crippen LogP contribution is -2.13. The van der Waals surface area contributed by atoms with Crippen LogP contribution in [0.4, 0.5) is 13.2 Å². The number of benzene rings is 1. The number of ketones is 1. The van der Waals surface area contributed by atoms with E-state index in [0.717, 1.165) is 12.1 Å². The topological polar surface area (TPSA) is 26.3 Å². The average molecular weight is 267 g/mol. The molecule has 0 N–H and O–H groups in total. The van der Waals surface area contributed by atoms with Crippen molar-refractivity contribution in [3.63, 3.8) is 0 Å². The van der Waals surface area contributed by atoms with Gasteiger partial charge in [-0.05, 0) is 25.1 Å². The van der Waals surface area contributed by atoms with Crippen LogP contribution in [0.15, 0.2) is 18.2 Å². The van der Waals surface area contributed by atoms with Crippen molar-refractivity contribution in [1.82, 2.24) is 0 Å². The third kappa shape index (κ3) is 3.36. The van der Waals surface area contributed by atoms with E-state index < -0.39 is 22.9 Å². The first-order valence-electron chi connectivity index (χ1n) is 4.70. The SMILES string of the molecule is COc1cc(C(=O)C(C)Cl)cc(C(F)(F)F)c1. The normalized spacial score (nSPS) is 13.3. The van der Waals surface area contributed by atoms with E-state index in [-0.39, 0.29) is 11.3 Å². The van der Waals surface area contributed by atoms with E-state index in [2.05, 4.69) is 0 Å². The van der Waals surface area contributed by atoms with Crippen LogP contribution in [-0.4, -0.2) is 18.3 Å². The van der Waals surface area contributed by atoms with Crippen LogP contribution in [-0.2, 0) is 6.18 Å². The number of hydrogen-bond acceptors (Lipinski definition) is 2. The maximum atomic E-state index is 12.5. The number of rotatable bonds is 3. The van der Waals surface area contributed by atoms with Crippen molar-refractivity contribution in [1.29, 1.82) is 0 Å². The summed E-state index contributed by atoms with van der Waals surface area (Å²) in [6.07, 6.45) is -4.53. The Hall–Kier alpha value is -1.23. The van der Waals surface area contributed by atoms with Gasteiger partial charge in [0, 0.05) is 5.56 Å². The zero-order valence-corrected chi connectivity index (χ0v) is 9.89. The van der Waals surface area contributed by atoms with Crippen LogP contribution >= 0.6 is 11.6 Å². The summed E-state index contributed by atoms with van der Waals surface area (Å²) in [4.78, 5) is 11.5. The molecule has 0 fully saturated rings. The molecule has 0 radical (unpaired) electrons. The maximum Gasteiger partial charge on any atom is 0.416 e. The quantitative estimate of drug-likeness (QED) is 0.618. The number of alkyl halides is 4. The number of ether oxygens (including phenoxy) is 1. The molecule has 0 saturated carbocycles. The van der Waals surface area contributed by atoms with E-state index >= 15 is 0 Å². The number of carbonyl (C=O) groups is 1. The van der Waals surface area contributed by atoms with Gasteiger partial charge in [0.1, 0.15) is 5.75 Å². The van der Waals surface area contributed by atoms with Gasteiger partial charge in [0.15, 0.2) is 5.78 Å². The van der Waals surface area contributed by atoms with E-state index in [1.165, 1.54) is 20.1 Å². The number of halogens is 4. The van der Waals surface area contributed by atoms with Crippen LogP contribution in [0.25, 0.3) is 0 Å². The van der Waals surface area contributed by atoms with Crippen molar-refractivity contribution >= 4 is 17.4 Å². The summed E-state index contributed by atoms with van der Waals surface area (Å²) in [6.45, 7) is 1.40. The zero-order chi connectivity index (χ0) is 13.2. The molecule has 94 valence electrons. The lowest BCUT2D eigenvalue weighted by molar-refractivity contribution is -0.137. The van der Waals surface area contributed by atoms with Gasteiger partial charge in [-0.3, -0.25) is 4.79 Å². The molecule has 1 aromatic rings. The molecule has 1 atom stereocenters. The Morgan fingerprint density at radius 3 is 2.35 bits per heavy atom. The predicted octanol–water partition coefficient (Wildman–Crippen LogP) is 3.52. The highest BCUT2D eigenvalue weighted by molar-refractivity contribution is 6.33. The van der Waals surface area contributed by atoms with Crippen molar-refractivity contribution in [3.05, 3.63) is 29.3 Å². The Balaban J connectivity index is 3.28. The van der Waals surface area contributed by atoms with Crippen LogP contribution in [0.1, 0.15) is 22.8 Å². The minimum atomic E-state index is -4.53. The van der Waals surface area contributed by atoms with E-state index in [9.17, 15) is 18.0 Å². The second kappa shape index (κ2) is 4.96. The molecule has 0 aliphatic heterocycles. The number of carbonyl (C=O) groups excluding carboxylic acids is 1. The van der Waals surface area contributed by atoms with Crippen molar-refractivity contribution in [3.8, 4) is 5.75 Å². The van der Waals surface area contributed by atoms with Gasteiger partial charge in [-0.2, -0.15) is 13.2 Å². The predicted molar refractivity (Wildman–Crippen MR) is 57.6 cm³/mol. The monoisotopic (exact) mass is 266 g/mol. The molecule has 0 aliphatic carbocycles. The fourth-order valence-corrected chi connectivity index (χ4v) is 1.38. The summed E-state index contributed by atoms with van der Waals surface area (Å²) in [5, 5.41) is -0.886. The third-order valence-electron chi connectivity index (χ3n) is 2.12. The summed E-state index contributed by atoms with van der Waals surface area (Å²) < 4.78 is 42.4. The highest BCUT2D eigenvalue weighted by Crippen LogP contribution is 2.33. The van der Waals surface area contributed by atoms with Crippen LogP contribution in [0.5, 0.6) is 5.75 Å². The molecular weight excluding hydrogens is 257 g/mol. The first-order chi connectivity index (χ1) is 7.75. The Morgan fingerprint density at radius 2 is 1.94 bits per heavy atom. The molecule has 2 nitrogen and oxygen atoms in total. The van der Waals surface area contributed by atoms with Gasteiger partial charge < -0.3 is 4.74 Å². The van der Waals surface area contributed by atoms with Crippen LogP contribution in [0.3, 0.4) is 0 Å². The van der Waals surface area contributed by atoms with Gasteiger partial charge in [-0.15, -0.1) is 11.6 Å². The Bertz CT molecular complexity index is 427. The molecule has 17 heavy (non-hydrogen) atoms. The van der Waals surface area contributed by atoms with Crippen molar-refractivity contribution in [2.45, 2.75) is 18.5 Å². The van der Waals surface area contributed by atoms with E-state index in [0.29, 0.717) is 0 Å². The summed E-state index contributed by atoms with van der Waals surface area (Å²) >= 11 is 5.55. The van der Waals surface area contributed by atoms with E-state index in [4.69, 9.17) is 16.3 Å². The second-order valence-corrected chi connectivity index (χ2v) is 4.08. The summed E-state index contributed by atoms with van der Waals surface area (Å²) in [6, 6.07) is 2.83. The van der Waals surface area contributed by atoms with Gasteiger partial charge in [-0.25, -0.2) is 0 Å². The molecule has 0 spiro atoms. The van der Waals surface area contributed by atoms with Crippen LogP contribution in [0, 0.1) is 0 Å². The van der Waals surface area contributed by atoms with Crippen molar-refractivity contribution in [2.24, 2.45) is 0 Å². The number of methoxy groups -OCH3 is 1. The first-order valence-corrected chi connectivity index (χ1v) is 5.14. The fraction of sp³-hybridized carbons (Fsp3) is 0.364. The Kier molecular flexibility index (Phi) is 4.03. The summed E-state index contributed by atoms with van der Waals surface area (Å²) in [5.74, 6) is -0.600. The number of Topliss-reactive ketones (excluding diaryl/α,β-unsaturated/α-hetero) is 1. The summed E-state index contributed by atoms with van der Waals surface area (Å²) in [7, 11) is 1.23. The smallest absolute Gasteiger partial charge is 0.416 e. The molecule has 1 aromatic carbocycles. The number of hydrogen-bond donors (Lipinski definition) is 0. The molecule has 0 amide bonds. The zero-order valence-electron chi connectivity index (χ0n) is 9.14. The van der Waals surface area contributed by atoms with Gasteiger partial charge in [-0.1, -0.05) is 0 Å². The van der Waals surface area contributed by atoms with E-state index in [1.54, 1.807) is 0 Å². The largest absolute Gasteiger partial charge is 0.497 e. The lowest BCUT2D eigenvalue weighted by Gasteiger charge is -2.11. The highest BCUT2D eigenvalue weighted by Gasteiger charge is 2.32. The minimum absolute atomic E-state index is 0.0273. The molecule has 0 aliphatic rings. The van der Waals surface area contributed by atoms with Crippen molar-refractivity contribution < 1.29 is 22.7 Å². The Morgan fingerprint density at radius 1 is 1.35 bits per heavy atom. The van der Waals surface area contributed by atoms with Crippen LogP contribution in [0.2, 0.25) is 0 Å². The van der Waals surface area contributed by atoms with E-state index in [1.807, 2.05) is 0 Å². The molecule has 0 heterocycles. The molecule has 1 rings (SSSR count). The van der Waals surface area contributed by atoms with Crippen LogP contribution < -0.4 is 4.74 Å². The van der Waals surface area contributed by atoms with Crippen molar-refractivity contribution in [2.75, 3.05) is 7.11 Å². The summed E-state index contributed by atoms with van der Waals surface area (Å²) in [5.41, 5.74) is -1.04. The average Bonchev–Trinajstić information content (AvgIpc) is 2.26. The fourth-order valence-electron chi connectivity index (χ4n) is 1.25. The molecule has 0 bridgehead atoms. The molecule has 0 saturated heterocycles. The Labute approximate surface area is 101 Å². The molecule has 0 aromatic heterocycles. The second-order valence-electron chi connectivity index (χ2n) is 3.43. The first kappa shape index (κ1) is 13.8. The van der Waals surface area contributed by atoms with Gasteiger partial charge in [0.25, 0.3) is 0 Å². The van der Waals surface area contributed by atoms with Gasteiger partial charge in [0.05, 0.1) is 18.1 Å². The standard InChI is InChI=1S/C11H10ClF3O2/c1-6(12)10(16)7-3-8(11(13,14)15)5-9(4-7)17-2/h3-6H,1-2H3. The lowest BCUT2D eigenvalue weighted by atomic mass is 10.0. The third-order valence-corrected chi connectivity index (χ3v) is 2.31.